The van der Waals surface area contributed by atoms with Crippen LogP contribution in [0.5, 0.6) is 5.75 Å². The van der Waals surface area contributed by atoms with Crippen molar-refractivity contribution in [3.8, 4) is 5.75 Å². The van der Waals surface area contributed by atoms with Crippen molar-refractivity contribution >= 4 is 17.6 Å². The van der Waals surface area contributed by atoms with E-state index in [1.165, 1.54) is 0 Å². The van der Waals surface area contributed by atoms with Gasteiger partial charge in [0.25, 0.3) is 0 Å². The minimum atomic E-state index is 0.0760. The number of amides is 1. The first-order valence-corrected chi connectivity index (χ1v) is 10.2. The zero-order valence-corrected chi connectivity index (χ0v) is 17.3. The van der Waals surface area contributed by atoms with Gasteiger partial charge in [-0.25, -0.2) is 0 Å². The van der Waals surface area contributed by atoms with E-state index in [1.807, 2.05) is 25.1 Å². The Morgan fingerprint density at radius 3 is 2.89 bits per heavy atom. The normalized spacial score (nSPS) is 13.9. The Morgan fingerprint density at radius 2 is 2.11 bits per heavy atom. The minimum Gasteiger partial charge on any atom is -0.492 e. The topological polar surface area (TPSA) is 84.0 Å². The van der Waals surface area contributed by atoms with Crippen LogP contribution in [0.1, 0.15) is 39.2 Å². The van der Waals surface area contributed by atoms with Gasteiger partial charge >= 0.3 is 0 Å². The molecule has 3 N–H and O–H groups in total. The SMILES string of the molecule is CCNC(=NCCCOCC(C)C)NCCOc1ccc2c(c1)CCC(=O)N2. The molecule has 0 unspecified atom stereocenters. The molecule has 0 fully saturated rings. The molecule has 0 aliphatic carbocycles. The maximum atomic E-state index is 11.4. The number of anilines is 1. The number of nitrogens with zero attached hydrogens (tertiary/aromatic N) is 1. The van der Waals surface area contributed by atoms with Crippen molar-refractivity contribution < 1.29 is 14.3 Å². The standard InChI is InChI=1S/C21H34N4O3/c1-4-22-21(23-10-5-12-27-15-16(2)3)24-11-13-28-18-7-8-19-17(14-18)6-9-20(26)25-19/h7-8,14,16H,4-6,9-13,15H2,1-3H3,(H,25,26)(H2,22,23,24). The second kappa shape index (κ2) is 12.2. The number of ether oxygens (including phenoxy) is 2. The summed E-state index contributed by atoms with van der Waals surface area (Å²) in [4.78, 5) is 16.0. The Morgan fingerprint density at radius 1 is 1.25 bits per heavy atom. The van der Waals surface area contributed by atoms with Crippen LogP contribution in [0.2, 0.25) is 0 Å². The lowest BCUT2D eigenvalue weighted by atomic mass is 10.0. The lowest BCUT2D eigenvalue weighted by Gasteiger charge is -2.18. The summed E-state index contributed by atoms with van der Waals surface area (Å²) in [5.74, 6) is 2.26. The third-order valence-electron chi connectivity index (χ3n) is 4.15. The highest BCUT2D eigenvalue weighted by molar-refractivity contribution is 5.94. The summed E-state index contributed by atoms with van der Waals surface area (Å²) in [5.41, 5.74) is 2.01. The van der Waals surface area contributed by atoms with Gasteiger partial charge in [-0.15, -0.1) is 0 Å². The van der Waals surface area contributed by atoms with Gasteiger partial charge in [0.15, 0.2) is 5.96 Å². The van der Waals surface area contributed by atoms with E-state index in [4.69, 9.17) is 9.47 Å². The molecule has 0 radical (unpaired) electrons. The fraction of sp³-hybridized carbons (Fsp3) is 0.619. The maximum Gasteiger partial charge on any atom is 0.224 e. The number of fused-ring (bicyclic) bond motifs is 1. The molecule has 1 aromatic carbocycles. The molecule has 7 heteroatoms. The van der Waals surface area contributed by atoms with Gasteiger partial charge in [-0.2, -0.15) is 0 Å². The van der Waals surface area contributed by atoms with Crippen LogP contribution in [0.15, 0.2) is 23.2 Å². The lowest BCUT2D eigenvalue weighted by Crippen LogP contribution is -2.39. The summed E-state index contributed by atoms with van der Waals surface area (Å²) in [7, 11) is 0. The van der Waals surface area contributed by atoms with Gasteiger partial charge < -0.3 is 25.4 Å². The van der Waals surface area contributed by atoms with E-state index in [1.54, 1.807) is 0 Å². The molecule has 1 aliphatic rings. The number of guanidine groups is 1. The predicted molar refractivity (Wildman–Crippen MR) is 113 cm³/mol. The number of nitrogens with one attached hydrogen (secondary N) is 3. The Hall–Kier alpha value is -2.28. The van der Waals surface area contributed by atoms with Gasteiger partial charge in [-0.05, 0) is 49.4 Å². The number of hydrogen-bond donors (Lipinski definition) is 3. The molecular formula is C21H34N4O3. The molecule has 0 aromatic heterocycles. The summed E-state index contributed by atoms with van der Waals surface area (Å²) in [6.45, 7) is 10.6. The van der Waals surface area contributed by atoms with Crippen LogP contribution in [-0.4, -0.2) is 51.3 Å². The van der Waals surface area contributed by atoms with Crippen LogP contribution < -0.4 is 20.7 Å². The number of rotatable bonds is 11. The van der Waals surface area contributed by atoms with Gasteiger partial charge in [-0.1, -0.05) is 13.8 Å². The molecule has 7 nitrogen and oxygen atoms in total. The Balaban J connectivity index is 1.68. The van der Waals surface area contributed by atoms with Crippen LogP contribution in [0.25, 0.3) is 0 Å². The van der Waals surface area contributed by atoms with Gasteiger partial charge in [0.2, 0.25) is 5.91 Å². The first-order valence-electron chi connectivity index (χ1n) is 10.2. The van der Waals surface area contributed by atoms with Crippen LogP contribution in [0.4, 0.5) is 5.69 Å². The van der Waals surface area contributed by atoms with Crippen LogP contribution in [0, 0.1) is 5.92 Å². The van der Waals surface area contributed by atoms with Gasteiger partial charge in [0, 0.05) is 38.4 Å². The second-order valence-electron chi connectivity index (χ2n) is 7.23. The number of hydrogen-bond acceptors (Lipinski definition) is 4. The van der Waals surface area contributed by atoms with Crippen LogP contribution >= 0.6 is 0 Å². The fourth-order valence-corrected chi connectivity index (χ4v) is 2.81. The van der Waals surface area contributed by atoms with Crippen molar-refractivity contribution in [2.45, 2.75) is 40.0 Å². The zero-order valence-electron chi connectivity index (χ0n) is 17.3. The Kier molecular flexibility index (Phi) is 9.62. The maximum absolute atomic E-state index is 11.4. The number of carbonyl (C=O) groups excluding carboxylic acids is 1. The van der Waals surface area contributed by atoms with Crippen LogP contribution in [0.3, 0.4) is 0 Å². The first-order chi connectivity index (χ1) is 13.6. The van der Waals surface area contributed by atoms with Crippen molar-refractivity contribution in [3.63, 3.8) is 0 Å². The van der Waals surface area contributed by atoms with E-state index >= 15 is 0 Å². The lowest BCUT2D eigenvalue weighted by molar-refractivity contribution is -0.116. The number of aliphatic imine (C=N–C) groups is 1. The van der Waals surface area contributed by atoms with Crippen molar-refractivity contribution in [2.75, 3.05) is 44.8 Å². The largest absolute Gasteiger partial charge is 0.492 e. The molecule has 1 heterocycles. The molecule has 156 valence electrons. The highest BCUT2D eigenvalue weighted by atomic mass is 16.5. The van der Waals surface area contributed by atoms with Crippen molar-refractivity contribution in [1.82, 2.24) is 10.6 Å². The smallest absolute Gasteiger partial charge is 0.224 e. The number of aryl methyl sites for hydroxylation is 1. The van der Waals surface area contributed by atoms with Crippen molar-refractivity contribution in [2.24, 2.45) is 10.9 Å². The molecule has 28 heavy (non-hydrogen) atoms. The average molecular weight is 391 g/mol. The summed E-state index contributed by atoms with van der Waals surface area (Å²) in [6.07, 6.45) is 2.20. The molecule has 0 bridgehead atoms. The molecule has 1 aliphatic heterocycles. The minimum absolute atomic E-state index is 0.0760. The molecule has 0 atom stereocenters. The Labute approximate surface area is 168 Å². The molecule has 2 rings (SSSR count). The van der Waals surface area contributed by atoms with Gasteiger partial charge in [-0.3, -0.25) is 9.79 Å². The van der Waals surface area contributed by atoms with E-state index in [-0.39, 0.29) is 5.91 Å². The molecule has 0 spiro atoms. The predicted octanol–water partition coefficient (Wildman–Crippen LogP) is 2.57. The molecule has 1 amide bonds. The van der Waals surface area contributed by atoms with E-state index in [9.17, 15) is 4.79 Å². The number of benzene rings is 1. The average Bonchev–Trinajstić information content (AvgIpc) is 2.67. The second-order valence-corrected chi connectivity index (χ2v) is 7.23. The Bertz CT molecular complexity index is 647. The van der Waals surface area contributed by atoms with Crippen LogP contribution in [-0.2, 0) is 16.0 Å². The third-order valence-corrected chi connectivity index (χ3v) is 4.15. The van der Waals surface area contributed by atoms with Crippen molar-refractivity contribution in [1.29, 1.82) is 0 Å². The zero-order chi connectivity index (χ0) is 20.2. The van der Waals surface area contributed by atoms with E-state index in [2.05, 4.69) is 34.8 Å². The van der Waals surface area contributed by atoms with E-state index in [0.29, 0.717) is 25.5 Å². The highest BCUT2D eigenvalue weighted by Gasteiger charge is 2.14. The quantitative estimate of drug-likeness (QED) is 0.307. The first kappa shape index (κ1) is 22.0. The number of carbonyl (C=O) groups is 1. The molecule has 1 aromatic rings. The van der Waals surface area contributed by atoms with Gasteiger partial charge in [0.1, 0.15) is 12.4 Å². The molecule has 0 saturated heterocycles. The van der Waals surface area contributed by atoms with Gasteiger partial charge in [0.05, 0.1) is 6.54 Å². The van der Waals surface area contributed by atoms with E-state index in [0.717, 1.165) is 62.1 Å². The monoisotopic (exact) mass is 390 g/mol. The molecule has 0 saturated carbocycles. The summed E-state index contributed by atoms with van der Waals surface area (Å²) in [6, 6.07) is 5.80. The fourth-order valence-electron chi connectivity index (χ4n) is 2.81. The van der Waals surface area contributed by atoms with Crippen molar-refractivity contribution in [3.05, 3.63) is 23.8 Å². The molecular weight excluding hydrogens is 356 g/mol. The summed E-state index contributed by atoms with van der Waals surface area (Å²) >= 11 is 0. The van der Waals surface area contributed by atoms with E-state index < -0.39 is 0 Å². The summed E-state index contributed by atoms with van der Waals surface area (Å²) < 4.78 is 11.4. The third kappa shape index (κ3) is 8.17. The highest BCUT2D eigenvalue weighted by Crippen LogP contribution is 2.26. The summed E-state index contributed by atoms with van der Waals surface area (Å²) in [5, 5.41) is 9.40.